The van der Waals surface area contributed by atoms with Crippen molar-refractivity contribution in [3.63, 3.8) is 0 Å². The van der Waals surface area contributed by atoms with Gasteiger partial charge in [0.25, 0.3) is 0 Å². The fourth-order valence-electron chi connectivity index (χ4n) is 2.33. The van der Waals surface area contributed by atoms with Gasteiger partial charge in [0.2, 0.25) is 0 Å². The first-order chi connectivity index (χ1) is 9.29. The number of hydrogen-bond donors (Lipinski definition) is 0. The Labute approximate surface area is 122 Å². The quantitative estimate of drug-likeness (QED) is 0.866. The Bertz CT molecular complexity index is 502. The second kappa shape index (κ2) is 6.05. The molecule has 0 unspecified atom stereocenters. The molecular weight excluding hydrogens is 280 g/mol. The summed E-state index contributed by atoms with van der Waals surface area (Å²) in [7, 11) is 0. The van der Waals surface area contributed by atoms with Crippen LogP contribution in [0.25, 0.3) is 0 Å². The summed E-state index contributed by atoms with van der Waals surface area (Å²) in [5.41, 5.74) is 0. The van der Waals surface area contributed by atoms with E-state index in [0.29, 0.717) is 5.02 Å². The van der Waals surface area contributed by atoms with E-state index in [-0.39, 0.29) is 0 Å². The van der Waals surface area contributed by atoms with Gasteiger partial charge in [0, 0.05) is 43.8 Å². The predicted molar refractivity (Wildman–Crippen MR) is 78.4 cm³/mol. The highest BCUT2D eigenvalue weighted by Gasteiger charge is 2.17. The molecule has 102 valence electrons. The van der Waals surface area contributed by atoms with E-state index in [2.05, 4.69) is 32.4 Å². The van der Waals surface area contributed by atoms with Gasteiger partial charge in [-0.05, 0) is 11.4 Å². The van der Waals surface area contributed by atoms with Gasteiger partial charge in [-0.2, -0.15) is 5.10 Å². The van der Waals surface area contributed by atoms with Crippen molar-refractivity contribution in [2.75, 3.05) is 26.2 Å². The molecule has 19 heavy (non-hydrogen) atoms. The third-order valence-corrected chi connectivity index (χ3v) is 4.43. The Balaban J connectivity index is 1.46. The Hall–Kier alpha value is -0.880. The molecule has 1 aliphatic heterocycles. The maximum Gasteiger partial charge on any atom is 0.0930 e. The molecule has 0 radical (unpaired) electrons. The molecule has 3 rings (SSSR count). The Kier molecular flexibility index (Phi) is 4.18. The fourth-order valence-corrected chi connectivity index (χ4v) is 3.23. The molecular formula is C13H17ClN4S. The molecule has 2 aromatic rings. The number of halogens is 1. The Morgan fingerprint density at radius 2 is 2.00 bits per heavy atom. The number of nitrogens with zero attached hydrogens (tertiary/aromatic N) is 4. The number of rotatable bonds is 4. The van der Waals surface area contributed by atoms with E-state index >= 15 is 0 Å². The van der Waals surface area contributed by atoms with Crippen LogP contribution in [0.2, 0.25) is 5.02 Å². The largest absolute Gasteiger partial charge is 0.296 e. The van der Waals surface area contributed by atoms with Gasteiger partial charge in [-0.1, -0.05) is 17.7 Å². The summed E-state index contributed by atoms with van der Waals surface area (Å²) >= 11 is 7.71. The molecule has 1 saturated heterocycles. The molecule has 4 nitrogen and oxygen atoms in total. The van der Waals surface area contributed by atoms with Crippen LogP contribution in [0.1, 0.15) is 4.88 Å². The molecule has 6 heteroatoms. The third kappa shape index (κ3) is 3.57. The minimum atomic E-state index is 0.705. The smallest absolute Gasteiger partial charge is 0.0930 e. The maximum absolute atomic E-state index is 5.87. The first kappa shape index (κ1) is 13.1. The van der Waals surface area contributed by atoms with Gasteiger partial charge in [0.05, 0.1) is 17.9 Å². The molecule has 0 saturated carbocycles. The number of aromatic nitrogens is 2. The number of thiophene rings is 1. The Morgan fingerprint density at radius 3 is 2.63 bits per heavy atom. The lowest BCUT2D eigenvalue weighted by Gasteiger charge is -2.34. The first-order valence-corrected chi connectivity index (χ1v) is 7.70. The Morgan fingerprint density at radius 1 is 1.21 bits per heavy atom. The van der Waals surface area contributed by atoms with Crippen molar-refractivity contribution in [2.45, 2.75) is 13.2 Å². The highest BCUT2D eigenvalue weighted by Crippen LogP contribution is 2.14. The SMILES string of the molecule is Clc1cnn(CN2CCN(Cc3cccs3)CC2)c1. The normalized spacial score (nSPS) is 17.9. The van der Waals surface area contributed by atoms with Crippen molar-refractivity contribution in [1.82, 2.24) is 19.6 Å². The van der Waals surface area contributed by atoms with E-state index in [9.17, 15) is 0 Å². The molecule has 0 N–H and O–H groups in total. The average Bonchev–Trinajstić information content (AvgIpc) is 3.04. The van der Waals surface area contributed by atoms with Crippen molar-refractivity contribution in [3.8, 4) is 0 Å². The van der Waals surface area contributed by atoms with E-state index in [1.54, 1.807) is 6.20 Å². The van der Waals surface area contributed by atoms with Crippen LogP contribution in [-0.4, -0.2) is 45.8 Å². The van der Waals surface area contributed by atoms with Crippen molar-refractivity contribution < 1.29 is 0 Å². The molecule has 0 spiro atoms. The number of piperazine rings is 1. The zero-order chi connectivity index (χ0) is 13.1. The van der Waals surface area contributed by atoms with Gasteiger partial charge >= 0.3 is 0 Å². The zero-order valence-electron chi connectivity index (χ0n) is 10.7. The molecule has 2 aromatic heterocycles. The monoisotopic (exact) mass is 296 g/mol. The summed E-state index contributed by atoms with van der Waals surface area (Å²) < 4.78 is 1.90. The van der Waals surface area contributed by atoms with E-state index in [0.717, 1.165) is 39.4 Å². The van der Waals surface area contributed by atoms with Crippen LogP contribution in [0.5, 0.6) is 0 Å². The van der Waals surface area contributed by atoms with Gasteiger partial charge in [-0.3, -0.25) is 14.5 Å². The number of hydrogen-bond acceptors (Lipinski definition) is 4. The zero-order valence-corrected chi connectivity index (χ0v) is 12.3. The van der Waals surface area contributed by atoms with Crippen molar-refractivity contribution >= 4 is 22.9 Å². The standard InChI is InChI=1S/C13H17ClN4S/c14-12-8-15-18(9-12)11-17-5-3-16(4-6-17)10-13-2-1-7-19-13/h1-2,7-9H,3-6,10-11H2. The molecule has 1 aliphatic rings. The first-order valence-electron chi connectivity index (χ1n) is 6.45. The van der Waals surface area contributed by atoms with Gasteiger partial charge in [-0.15, -0.1) is 11.3 Å². The summed E-state index contributed by atoms with van der Waals surface area (Å²) in [4.78, 5) is 6.37. The fraction of sp³-hybridized carbons (Fsp3) is 0.462. The van der Waals surface area contributed by atoms with E-state index in [4.69, 9.17) is 11.6 Å². The predicted octanol–water partition coefficient (Wildman–Crippen LogP) is 2.37. The van der Waals surface area contributed by atoms with Crippen molar-refractivity contribution in [2.24, 2.45) is 0 Å². The molecule has 3 heterocycles. The lowest BCUT2D eigenvalue weighted by molar-refractivity contribution is 0.0994. The van der Waals surface area contributed by atoms with Crippen LogP contribution in [-0.2, 0) is 13.2 Å². The molecule has 0 aromatic carbocycles. The van der Waals surface area contributed by atoms with Gasteiger partial charge in [0.1, 0.15) is 0 Å². The van der Waals surface area contributed by atoms with Crippen LogP contribution in [0.3, 0.4) is 0 Å². The molecule has 0 bridgehead atoms. The van der Waals surface area contributed by atoms with Crippen molar-refractivity contribution in [1.29, 1.82) is 0 Å². The van der Waals surface area contributed by atoms with E-state index in [1.807, 2.05) is 22.2 Å². The topological polar surface area (TPSA) is 24.3 Å². The summed E-state index contributed by atoms with van der Waals surface area (Å²) in [5, 5.41) is 7.07. The summed E-state index contributed by atoms with van der Waals surface area (Å²) in [5.74, 6) is 0. The van der Waals surface area contributed by atoms with Crippen molar-refractivity contribution in [3.05, 3.63) is 39.8 Å². The van der Waals surface area contributed by atoms with E-state index < -0.39 is 0 Å². The van der Waals surface area contributed by atoms with Crippen LogP contribution < -0.4 is 0 Å². The lowest BCUT2D eigenvalue weighted by atomic mass is 10.3. The van der Waals surface area contributed by atoms with E-state index in [1.165, 1.54) is 4.88 Å². The lowest BCUT2D eigenvalue weighted by Crippen LogP contribution is -2.46. The summed E-state index contributed by atoms with van der Waals surface area (Å²) in [6.45, 7) is 6.32. The molecule has 0 amide bonds. The second-order valence-electron chi connectivity index (χ2n) is 4.81. The highest BCUT2D eigenvalue weighted by atomic mass is 35.5. The van der Waals surface area contributed by atoms with Crippen LogP contribution >= 0.6 is 22.9 Å². The second-order valence-corrected chi connectivity index (χ2v) is 6.28. The third-order valence-electron chi connectivity index (χ3n) is 3.37. The molecule has 1 fully saturated rings. The van der Waals surface area contributed by atoms with Gasteiger partial charge in [0.15, 0.2) is 0 Å². The van der Waals surface area contributed by atoms with Crippen LogP contribution in [0, 0.1) is 0 Å². The highest BCUT2D eigenvalue weighted by molar-refractivity contribution is 7.09. The minimum Gasteiger partial charge on any atom is -0.296 e. The molecule has 0 aliphatic carbocycles. The summed E-state index contributed by atoms with van der Waals surface area (Å²) in [6, 6.07) is 4.33. The van der Waals surface area contributed by atoms with Gasteiger partial charge < -0.3 is 0 Å². The summed E-state index contributed by atoms with van der Waals surface area (Å²) in [6.07, 6.45) is 3.56. The molecule has 0 atom stereocenters. The minimum absolute atomic E-state index is 0.705. The van der Waals surface area contributed by atoms with Crippen LogP contribution in [0.15, 0.2) is 29.9 Å². The maximum atomic E-state index is 5.87. The van der Waals surface area contributed by atoms with Crippen LogP contribution in [0.4, 0.5) is 0 Å². The average molecular weight is 297 g/mol. The van der Waals surface area contributed by atoms with Gasteiger partial charge in [-0.25, -0.2) is 0 Å².